The normalized spacial score (nSPS) is 11.3. The highest BCUT2D eigenvalue weighted by Gasteiger charge is 2.21. The predicted molar refractivity (Wildman–Crippen MR) is 110 cm³/mol. The molecule has 1 N–H and O–H groups in total. The van der Waals surface area contributed by atoms with Crippen molar-refractivity contribution < 1.29 is 4.79 Å². The second-order valence-corrected chi connectivity index (χ2v) is 7.48. The number of fused-ring (bicyclic) bond motifs is 1. The molecule has 0 fully saturated rings. The van der Waals surface area contributed by atoms with E-state index in [1.54, 1.807) is 17.7 Å². The van der Waals surface area contributed by atoms with Crippen LogP contribution in [0.2, 0.25) is 0 Å². The first-order valence-corrected chi connectivity index (χ1v) is 9.42. The first kappa shape index (κ1) is 19.7. The highest BCUT2D eigenvalue weighted by atomic mass is 16.2. The average Bonchev–Trinajstić information content (AvgIpc) is 3.04. The van der Waals surface area contributed by atoms with Gasteiger partial charge >= 0.3 is 5.69 Å². The minimum absolute atomic E-state index is 0.248. The predicted octanol–water partition coefficient (Wildman–Crippen LogP) is 1.86. The second-order valence-electron chi connectivity index (χ2n) is 7.48. The molecule has 0 aliphatic rings. The Labute approximate surface area is 163 Å². The molecule has 0 saturated heterocycles. The molecule has 148 valence electrons. The molecular formula is C21H26N4O3. The third kappa shape index (κ3) is 3.65. The van der Waals surface area contributed by atoms with Gasteiger partial charge in [0.15, 0.2) is 0 Å². The van der Waals surface area contributed by atoms with E-state index in [0.717, 1.165) is 16.6 Å². The van der Waals surface area contributed by atoms with Gasteiger partial charge in [-0.1, -0.05) is 44.2 Å². The smallest absolute Gasteiger partial charge is 0.332 e. The van der Waals surface area contributed by atoms with Crippen molar-refractivity contribution in [3.05, 3.63) is 68.5 Å². The van der Waals surface area contributed by atoms with E-state index in [4.69, 9.17) is 0 Å². The summed E-state index contributed by atoms with van der Waals surface area (Å²) in [6.07, 6.45) is 0.866. The number of carbonyl (C=O) groups is 1. The summed E-state index contributed by atoms with van der Waals surface area (Å²) >= 11 is 0. The van der Waals surface area contributed by atoms with Crippen molar-refractivity contribution in [2.75, 3.05) is 6.54 Å². The Kier molecular flexibility index (Phi) is 5.53. The lowest BCUT2D eigenvalue weighted by atomic mass is 10.1. The summed E-state index contributed by atoms with van der Waals surface area (Å²) in [6, 6.07) is 11.2. The Hall–Kier alpha value is -3.09. The van der Waals surface area contributed by atoms with E-state index in [-0.39, 0.29) is 5.91 Å². The highest BCUT2D eigenvalue weighted by Crippen LogP contribution is 2.18. The number of nitrogens with one attached hydrogen (secondary N) is 1. The van der Waals surface area contributed by atoms with Crippen molar-refractivity contribution in [2.24, 2.45) is 20.0 Å². The van der Waals surface area contributed by atoms with E-state index in [0.29, 0.717) is 35.7 Å². The summed E-state index contributed by atoms with van der Waals surface area (Å²) in [5.74, 6) is 0.228. The Morgan fingerprint density at radius 1 is 1.07 bits per heavy atom. The quantitative estimate of drug-likeness (QED) is 0.707. The maximum Gasteiger partial charge on any atom is 0.332 e. The number of hydrogen-bond donors (Lipinski definition) is 1. The van der Waals surface area contributed by atoms with Crippen LogP contribution in [-0.2, 0) is 20.6 Å². The van der Waals surface area contributed by atoms with Crippen LogP contribution in [0.15, 0.2) is 46.0 Å². The lowest BCUT2D eigenvalue weighted by molar-refractivity contribution is 0.0943. The summed E-state index contributed by atoms with van der Waals surface area (Å²) < 4.78 is 4.23. The van der Waals surface area contributed by atoms with Crippen LogP contribution in [-0.4, -0.2) is 26.2 Å². The van der Waals surface area contributed by atoms with Crippen LogP contribution >= 0.6 is 0 Å². The zero-order valence-electron chi connectivity index (χ0n) is 16.7. The first-order chi connectivity index (χ1) is 13.3. The second kappa shape index (κ2) is 7.88. The van der Waals surface area contributed by atoms with Gasteiger partial charge in [-0.2, -0.15) is 0 Å². The molecule has 0 saturated carbocycles. The van der Waals surface area contributed by atoms with Gasteiger partial charge in [-0.05, 0) is 24.0 Å². The van der Waals surface area contributed by atoms with Crippen molar-refractivity contribution in [2.45, 2.75) is 26.8 Å². The average molecular weight is 382 g/mol. The van der Waals surface area contributed by atoms with Gasteiger partial charge in [-0.3, -0.25) is 18.7 Å². The molecule has 3 rings (SSSR count). The van der Waals surface area contributed by atoms with Gasteiger partial charge < -0.3 is 9.88 Å². The molecule has 0 aliphatic carbocycles. The molecule has 3 aromatic rings. The number of benzene rings is 1. The Morgan fingerprint density at radius 3 is 2.39 bits per heavy atom. The first-order valence-electron chi connectivity index (χ1n) is 9.42. The van der Waals surface area contributed by atoms with E-state index >= 15 is 0 Å². The number of rotatable bonds is 6. The molecular weight excluding hydrogens is 356 g/mol. The fraction of sp³-hybridized carbons (Fsp3) is 0.381. The number of aryl methyl sites for hydroxylation is 1. The molecule has 0 spiro atoms. The van der Waals surface area contributed by atoms with Gasteiger partial charge in [-0.25, -0.2) is 4.79 Å². The minimum Gasteiger partial charge on any atom is -0.351 e. The van der Waals surface area contributed by atoms with Crippen LogP contribution in [0.5, 0.6) is 0 Å². The number of aromatic nitrogens is 3. The van der Waals surface area contributed by atoms with E-state index < -0.39 is 11.2 Å². The van der Waals surface area contributed by atoms with Crippen LogP contribution < -0.4 is 16.6 Å². The van der Waals surface area contributed by atoms with Gasteiger partial charge in [0.25, 0.3) is 11.5 Å². The third-order valence-electron chi connectivity index (χ3n) is 4.92. The Balaban J connectivity index is 2.16. The van der Waals surface area contributed by atoms with Crippen molar-refractivity contribution in [3.63, 3.8) is 0 Å². The van der Waals surface area contributed by atoms with Gasteiger partial charge in [0, 0.05) is 27.2 Å². The molecule has 2 heterocycles. The zero-order valence-corrected chi connectivity index (χ0v) is 16.7. The van der Waals surface area contributed by atoms with E-state index in [1.807, 2.05) is 30.3 Å². The maximum absolute atomic E-state index is 12.9. The van der Waals surface area contributed by atoms with Crippen LogP contribution in [0.1, 0.15) is 36.3 Å². The van der Waals surface area contributed by atoms with Gasteiger partial charge in [-0.15, -0.1) is 0 Å². The van der Waals surface area contributed by atoms with E-state index in [9.17, 15) is 14.4 Å². The molecule has 7 nitrogen and oxygen atoms in total. The maximum atomic E-state index is 12.9. The Morgan fingerprint density at radius 2 is 1.75 bits per heavy atom. The monoisotopic (exact) mass is 382 g/mol. The lowest BCUT2D eigenvalue weighted by Gasteiger charge is -2.14. The number of hydrogen-bond acceptors (Lipinski definition) is 3. The van der Waals surface area contributed by atoms with Gasteiger partial charge in [0.2, 0.25) is 0 Å². The van der Waals surface area contributed by atoms with Crippen molar-refractivity contribution in [1.82, 2.24) is 19.0 Å². The van der Waals surface area contributed by atoms with E-state index in [2.05, 4.69) is 19.2 Å². The lowest BCUT2D eigenvalue weighted by Crippen LogP contribution is -2.37. The molecule has 1 aromatic carbocycles. The Bertz CT molecular complexity index is 1120. The summed E-state index contributed by atoms with van der Waals surface area (Å²) in [6.45, 7) is 5.13. The minimum atomic E-state index is -0.420. The van der Waals surface area contributed by atoms with Crippen molar-refractivity contribution >= 4 is 16.9 Å². The van der Waals surface area contributed by atoms with Gasteiger partial charge in [0.1, 0.15) is 11.3 Å². The largest absolute Gasteiger partial charge is 0.351 e. The summed E-state index contributed by atoms with van der Waals surface area (Å²) in [5, 5.41) is 3.29. The summed E-state index contributed by atoms with van der Waals surface area (Å²) in [4.78, 5) is 38.0. The molecule has 28 heavy (non-hydrogen) atoms. The van der Waals surface area contributed by atoms with Crippen molar-refractivity contribution in [3.8, 4) is 0 Å². The van der Waals surface area contributed by atoms with Crippen LogP contribution in [0.25, 0.3) is 11.0 Å². The summed E-state index contributed by atoms with van der Waals surface area (Å²) in [5.41, 5.74) is 0.981. The molecule has 2 aromatic heterocycles. The fourth-order valence-corrected chi connectivity index (χ4v) is 3.32. The topological polar surface area (TPSA) is 78.0 Å². The van der Waals surface area contributed by atoms with Gasteiger partial charge in [0.05, 0.1) is 5.39 Å². The van der Waals surface area contributed by atoms with Crippen molar-refractivity contribution in [1.29, 1.82) is 0 Å². The number of nitrogens with zero attached hydrogens (tertiary/aromatic N) is 3. The van der Waals surface area contributed by atoms with Crippen LogP contribution in [0, 0.1) is 5.92 Å². The number of amides is 1. The van der Waals surface area contributed by atoms with Crippen LogP contribution in [0.4, 0.5) is 0 Å². The highest BCUT2D eigenvalue weighted by molar-refractivity contribution is 5.98. The zero-order chi connectivity index (χ0) is 20.4. The van der Waals surface area contributed by atoms with E-state index in [1.165, 1.54) is 11.6 Å². The molecule has 0 radical (unpaired) electrons. The fourth-order valence-electron chi connectivity index (χ4n) is 3.32. The molecule has 0 bridgehead atoms. The number of carbonyl (C=O) groups excluding carboxylic acids is 1. The molecule has 0 atom stereocenters. The molecule has 1 amide bonds. The standard InChI is InChI=1S/C21H26N4O3/c1-14(2)10-11-22-18(26)17-12-16-19(23(3)21(28)24(4)20(16)27)25(17)13-15-8-6-5-7-9-15/h5-9,12,14H,10-11,13H2,1-4H3,(H,22,26). The third-order valence-corrected chi connectivity index (χ3v) is 4.92. The SMILES string of the molecule is CC(C)CCNC(=O)c1cc2c(=O)n(C)c(=O)n(C)c2n1Cc1ccccc1. The molecule has 0 unspecified atom stereocenters. The molecule has 0 aliphatic heterocycles. The molecule has 7 heteroatoms. The summed E-state index contributed by atoms with van der Waals surface area (Å²) in [7, 11) is 3.06. The van der Waals surface area contributed by atoms with Crippen LogP contribution in [0.3, 0.4) is 0 Å².